The fourth-order valence-electron chi connectivity index (χ4n) is 5.24. The molecule has 3 rings (SSSR count). The summed E-state index contributed by atoms with van der Waals surface area (Å²) in [5.41, 5.74) is 0. The van der Waals surface area contributed by atoms with Gasteiger partial charge in [-0.2, -0.15) is 0 Å². The number of amides is 2. The van der Waals surface area contributed by atoms with Gasteiger partial charge in [0.25, 0.3) is 0 Å². The van der Waals surface area contributed by atoms with Crippen LogP contribution >= 0.6 is 0 Å². The van der Waals surface area contributed by atoms with Crippen molar-refractivity contribution in [2.24, 2.45) is 23.7 Å². The highest BCUT2D eigenvalue weighted by Crippen LogP contribution is 2.52. The molecule has 1 saturated carbocycles. The lowest BCUT2D eigenvalue weighted by Gasteiger charge is -2.24. The molecule has 2 aliphatic carbocycles. The summed E-state index contributed by atoms with van der Waals surface area (Å²) in [7, 11) is 0. The van der Waals surface area contributed by atoms with Crippen molar-refractivity contribution in [3.05, 3.63) is 12.2 Å². The molecule has 1 aliphatic heterocycles. The Bertz CT molecular complexity index is 482. The number of imide groups is 1. The fourth-order valence-corrected chi connectivity index (χ4v) is 5.24. The van der Waals surface area contributed by atoms with Crippen LogP contribution in [-0.4, -0.2) is 22.8 Å². The van der Waals surface area contributed by atoms with Gasteiger partial charge in [-0.1, -0.05) is 76.9 Å². The van der Waals surface area contributed by atoms with E-state index in [-0.39, 0.29) is 29.7 Å². The Balaban J connectivity index is 1.35. The van der Waals surface area contributed by atoms with Crippen LogP contribution in [0.25, 0.3) is 0 Å². The first-order chi connectivity index (χ1) is 12.1. The van der Waals surface area contributed by atoms with Gasteiger partial charge < -0.3 is 0 Å². The molecule has 0 spiro atoms. The molecule has 2 bridgehead atoms. The molecule has 3 nitrogen and oxygen atoms in total. The Hall–Kier alpha value is -1.12. The number of rotatable bonds is 11. The van der Waals surface area contributed by atoms with E-state index in [0.717, 1.165) is 19.3 Å². The second-order valence-electron chi connectivity index (χ2n) is 8.51. The zero-order valence-corrected chi connectivity index (χ0v) is 16.1. The third-order valence-corrected chi connectivity index (χ3v) is 6.67. The van der Waals surface area contributed by atoms with Crippen molar-refractivity contribution < 1.29 is 9.59 Å². The average molecular weight is 346 g/mol. The first kappa shape index (κ1) is 18.7. The summed E-state index contributed by atoms with van der Waals surface area (Å²) in [6.45, 7) is 4.32. The number of carbonyl (C=O) groups excluding carboxylic acids is 2. The number of hydrogen-bond acceptors (Lipinski definition) is 2. The van der Waals surface area contributed by atoms with Gasteiger partial charge in [-0.25, -0.2) is 0 Å². The Morgan fingerprint density at radius 1 is 0.880 bits per heavy atom. The summed E-state index contributed by atoms with van der Waals surface area (Å²) in [4.78, 5) is 27.2. The molecule has 0 N–H and O–H groups in total. The van der Waals surface area contributed by atoms with E-state index in [2.05, 4.69) is 26.0 Å². The smallest absolute Gasteiger partial charge is 0.233 e. The zero-order valence-electron chi connectivity index (χ0n) is 16.1. The third-order valence-electron chi connectivity index (χ3n) is 6.67. The maximum Gasteiger partial charge on any atom is 0.233 e. The predicted molar refractivity (Wildman–Crippen MR) is 101 cm³/mol. The number of allylic oxidation sites excluding steroid dienone is 2. The van der Waals surface area contributed by atoms with E-state index in [1.54, 1.807) is 4.90 Å². The van der Waals surface area contributed by atoms with Gasteiger partial charge in [-0.05, 0) is 31.6 Å². The average Bonchev–Trinajstić information content (AvgIpc) is 3.27. The number of unbranched alkanes of at least 4 members (excludes halogenated alkanes) is 8. The highest BCUT2D eigenvalue weighted by molar-refractivity contribution is 6.06. The molecule has 25 heavy (non-hydrogen) atoms. The summed E-state index contributed by atoms with van der Waals surface area (Å²) in [6.07, 6.45) is 18.1. The molecule has 140 valence electrons. The lowest BCUT2D eigenvalue weighted by atomic mass is 9.85. The SMILES string of the molecule is CCCCCCCCCCCC(C)N1C(=O)C2C3C=CC(C3)C2C1=O. The van der Waals surface area contributed by atoms with Crippen LogP contribution in [0.15, 0.2) is 12.2 Å². The molecule has 5 unspecified atom stereocenters. The van der Waals surface area contributed by atoms with Crippen molar-refractivity contribution in [2.75, 3.05) is 0 Å². The van der Waals surface area contributed by atoms with Crippen LogP contribution in [0.1, 0.15) is 84.5 Å². The maximum absolute atomic E-state index is 12.8. The molecular weight excluding hydrogens is 310 g/mol. The van der Waals surface area contributed by atoms with Gasteiger partial charge in [-0.15, -0.1) is 0 Å². The quantitative estimate of drug-likeness (QED) is 0.297. The minimum atomic E-state index is -0.0342. The van der Waals surface area contributed by atoms with Crippen LogP contribution < -0.4 is 0 Å². The zero-order chi connectivity index (χ0) is 17.8. The van der Waals surface area contributed by atoms with Gasteiger partial charge in [0, 0.05) is 6.04 Å². The topological polar surface area (TPSA) is 37.4 Å². The third kappa shape index (κ3) is 3.85. The maximum atomic E-state index is 12.8. The van der Waals surface area contributed by atoms with Gasteiger partial charge in [-0.3, -0.25) is 14.5 Å². The van der Waals surface area contributed by atoms with Gasteiger partial charge in [0.2, 0.25) is 11.8 Å². The number of carbonyl (C=O) groups is 2. The van der Waals surface area contributed by atoms with E-state index in [0.29, 0.717) is 11.8 Å². The molecule has 5 atom stereocenters. The number of fused-ring (bicyclic) bond motifs is 5. The predicted octanol–water partition coefficient (Wildman–Crippen LogP) is 5.10. The molecule has 0 radical (unpaired) electrons. The van der Waals surface area contributed by atoms with Gasteiger partial charge in [0.1, 0.15) is 0 Å². The second kappa shape index (κ2) is 8.51. The summed E-state index contributed by atoms with van der Waals surface area (Å²) in [5.74, 6) is 0.833. The van der Waals surface area contributed by atoms with Crippen LogP contribution in [-0.2, 0) is 9.59 Å². The van der Waals surface area contributed by atoms with E-state index < -0.39 is 0 Å². The van der Waals surface area contributed by atoms with Crippen LogP contribution in [0.4, 0.5) is 0 Å². The first-order valence-electron chi connectivity index (χ1n) is 10.7. The Labute approximate surface area is 153 Å². The van der Waals surface area contributed by atoms with Gasteiger partial charge >= 0.3 is 0 Å². The van der Waals surface area contributed by atoms with Crippen LogP contribution in [0.3, 0.4) is 0 Å². The van der Waals surface area contributed by atoms with Gasteiger partial charge in [0.05, 0.1) is 11.8 Å². The minimum Gasteiger partial charge on any atom is -0.279 e. The summed E-state index contributed by atoms with van der Waals surface area (Å²) >= 11 is 0. The lowest BCUT2D eigenvalue weighted by Crippen LogP contribution is -2.40. The van der Waals surface area contributed by atoms with Crippen LogP contribution in [0, 0.1) is 23.7 Å². The van der Waals surface area contributed by atoms with Crippen molar-refractivity contribution in [2.45, 2.75) is 90.5 Å². The number of hydrogen-bond donors (Lipinski definition) is 0. The molecule has 3 aliphatic rings. The largest absolute Gasteiger partial charge is 0.279 e. The van der Waals surface area contributed by atoms with Crippen molar-refractivity contribution in [1.29, 1.82) is 0 Å². The Morgan fingerprint density at radius 3 is 1.88 bits per heavy atom. The Kier molecular flexibility index (Phi) is 6.35. The number of nitrogens with zero attached hydrogens (tertiary/aromatic N) is 1. The summed E-state index contributed by atoms with van der Waals surface area (Å²) in [6, 6.07) is 0.0783. The van der Waals surface area contributed by atoms with E-state index in [1.807, 2.05) is 0 Å². The van der Waals surface area contributed by atoms with Crippen LogP contribution in [0.2, 0.25) is 0 Å². The number of likely N-dealkylation sites (tertiary alicyclic amines) is 1. The molecule has 2 fully saturated rings. The fraction of sp³-hybridized carbons (Fsp3) is 0.818. The molecule has 1 heterocycles. The van der Waals surface area contributed by atoms with Crippen molar-refractivity contribution in [3.8, 4) is 0 Å². The van der Waals surface area contributed by atoms with E-state index >= 15 is 0 Å². The molecule has 1 saturated heterocycles. The van der Waals surface area contributed by atoms with Crippen LogP contribution in [0.5, 0.6) is 0 Å². The highest BCUT2D eigenvalue weighted by Gasteiger charge is 2.59. The van der Waals surface area contributed by atoms with Gasteiger partial charge in [0.15, 0.2) is 0 Å². The van der Waals surface area contributed by atoms with E-state index in [1.165, 1.54) is 51.4 Å². The highest BCUT2D eigenvalue weighted by atomic mass is 16.2. The second-order valence-corrected chi connectivity index (χ2v) is 8.51. The molecule has 3 heteroatoms. The van der Waals surface area contributed by atoms with E-state index in [4.69, 9.17) is 0 Å². The lowest BCUT2D eigenvalue weighted by molar-refractivity contribution is -0.143. The molecule has 2 amide bonds. The normalized spacial score (nSPS) is 31.2. The molecule has 0 aromatic carbocycles. The summed E-state index contributed by atoms with van der Waals surface area (Å²) in [5, 5.41) is 0. The standard InChI is InChI=1S/C22H35NO2/c1-3-4-5-6-7-8-9-10-11-12-16(2)23-21(24)19-17-13-14-18(15-17)20(19)22(23)25/h13-14,16-20H,3-12,15H2,1-2H3. The molecule has 0 aromatic heterocycles. The Morgan fingerprint density at radius 2 is 1.36 bits per heavy atom. The molecule has 0 aromatic rings. The first-order valence-corrected chi connectivity index (χ1v) is 10.7. The van der Waals surface area contributed by atoms with Crippen molar-refractivity contribution in [3.63, 3.8) is 0 Å². The van der Waals surface area contributed by atoms with Crippen molar-refractivity contribution >= 4 is 11.8 Å². The minimum absolute atomic E-state index is 0.0342. The monoisotopic (exact) mass is 345 g/mol. The van der Waals surface area contributed by atoms with E-state index in [9.17, 15) is 9.59 Å². The summed E-state index contributed by atoms with van der Waals surface area (Å²) < 4.78 is 0. The molecular formula is C22H35NO2. The van der Waals surface area contributed by atoms with Crippen molar-refractivity contribution in [1.82, 2.24) is 4.90 Å².